The Morgan fingerprint density at radius 1 is 1.00 bits per heavy atom. The average Bonchev–Trinajstić information content (AvgIpc) is 3.05. The summed E-state index contributed by atoms with van der Waals surface area (Å²) in [6, 6.07) is 10.3. The first-order chi connectivity index (χ1) is 16.3. The number of aromatic nitrogens is 3. The highest BCUT2D eigenvalue weighted by molar-refractivity contribution is 6.24. The standard InChI is InChI=1S/C26H21N3O5/c1-13-11-20(31)22-17(24(13)32)12-18-16(9-10-28-25(33)27(2)26(34)29(18)28)23(22)21-15-6-4-3-5-14(15)7-8-19(21)30/h3-9,11,18,23,30H,10,12H2,1-2H3/t18-,23-/m1/s1. The summed E-state index contributed by atoms with van der Waals surface area (Å²) >= 11 is 0. The number of carbonyl (C=O) groups is 2. The van der Waals surface area contributed by atoms with Crippen molar-refractivity contribution in [2.45, 2.75) is 31.8 Å². The zero-order valence-electron chi connectivity index (χ0n) is 18.6. The van der Waals surface area contributed by atoms with Gasteiger partial charge in [-0.1, -0.05) is 36.4 Å². The molecule has 8 heteroatoms. The van der Waals surface area contributed by atoms with Gasteiger partial charge in [0.25, 0.3) is 0 Å². The number of ketones is 2. The molecule has 0 unspecified atom stereocenters. The van der Waals surface area contributed by atoms with Crippen LogP contribution < -0.4 is 11.4 Å². The Kier molecular flexibility index (Phi) is 4.14. The van der Waals surface area contributed by atoms with E-state index in [9.17, 15) is 24.3 Å². The van der Waals surface area contributed by atoms with E-state index in [1.165, 1.54) is 22.5 Å². The van der Waals surface area contributed by atoms with Crippen molar-refractivity contribution >= 4 is 22.3 Å². The van der Waals surface area contributed by atoms with Gasteiger partial charge in [0.15, 0.2) is 11.6 Å². The number of phenols is 1. The van der Waals surface area contributed by atoms with Crippen molar-refractivity contribution in [1.29, 1.82) is 0 Å². The third-order valence-corrected chi connectivity index (χ3v) is 7.26. The predicted octanol–water partition coefficient (Wildman–Crippen LogP) is 2.27. The quantitative estimate of drug-likeness (QED) is 0.448. The normalized spacial score (nSPS) is 21.7. The summed E-state index contributed by atoms with van der Waals surface area (Å²) in [5.74, 6) is -1.24. The molecule has 3 aromatic rings. The van der Waals surface area contributed by atoms with Crippen LogP contribution in [0, 0.1) is 0 Å². The molecule has 2 atom stereocenters. The average molecular weight is 455 g/mol. The molecule has 2 aromatic carbocycles. The molecule has 34 heavy (non-hydrogen) atoms. The van der Waals surface area contributed by atoms with E-state index in [0.717, 1.165) is 20.9 Å². The first-order valence-corrected chi connectivity index (χ1v) is 11.1. The number of hydrogen-bond acceptors (Lipinski definition) is 5. The molecule has 1 aliphatic heterocycles. The van der Waals surface area contributed by atoms with Crippen LogP contribution >= 0.6 is 0 Å². The number of Topliss-reactive ketones (excluding diaryl/α,β-unsaturated/α-hetero) is 1. The molecule has 2 heterocycles. The minimum absolute atomic E-state index is 0.00648. The Morgan fingerprint density at radius 2 is 1.76 bits per heavy atom. The van der Waals surface area contributed by atoms with Gasteiger partial charge in [-0.05, 0) is 35.4 Å². The van der Waals surface area contributed by atoms with E-state index in [1.807, 2.05) is 30.3 Å². The van der Waals surface area contributed by atoms with E-state index in [2.05, 4.69) is 0 Å². The van der Waals surface area contributed by atoms with Gasteiger partial charge >= 0.3 is 11.4 Å². The van der Waals surface area contributed by atoms with Gasteiger partial charge in [-0.2, -0.15) is 0 Å². The number of fused-ring (bicyclic) bond motifs is 4. The lowest BCUT2D eigenvalue weighted by atomic mass is 9.67. The summed E-state index contributed by atoms with van der Waals surface area (Å²) in [4.78, 5) is 52.3. The first kappa shape index (κ1) is 20.4. The lowest BCUT2D eigenvalue weighted by Gasteiger charge is -2.40. The Morgan fingerprint density at radius 3 is 2.56 bits per heavy atom. The summed E-state index contributed by atoms with van der Waals surface area (Å²) in [6.07, 6.45) is 3.33. The number of carbonyl (C=O) groups excluding carboxylic acids is 2. The minimum atomic E-state index is -0.725. The molecule has 0 amide bonds. The molecule has 0 fully saturated rings. The highest BCUT2D eigenvalue weighted by Crippen LogP contribution is 2.52. The van der Waals surface area contributed by atoms with Crippen LogP contribution in [0.4, 0.5) is 0 Å². The van der Waals surface area contributed by atoms with E-state index in [1.54, 1.807) is 19.1 Å². The molecule has 6 rings (SSSR count). The number of benzene rings is 2. The van der Waals surface area contributed by atoms with Crippen molar-refractivity contribution in [2.24, 2.45) is 7.05 Å². The van der Waals surface area contributed by atoms with Crippen LogP contribution in [0.15, 0.2) is 80.4 Å². The summed E-state index contributed by atoms with van der Waals surface area (Å²) in [7, 11) is 1.42. The number of allylic oxidation sites excluding steroid dienone is 6. The maximum Gasteiger partial charge on any atom is 0.347 e. The zero-order chi connectivity index (χ0) is 23.9. The summed E-state index contributed by atoms with van der Waals surface area (Å²) < 4.78 is 3.80. The van der Waals surface area contributed by atoms with Crippen molar-refractivity contribution in [2.75, 3.05) is 0 Å². The van der Waals surface area contributed by atoms with Gasteiger partial charge in [0.05, 0.1) is 12.6 Å². The second kappa shape index (κ2) is 6.90. The number of phenolic OH excluding ortho intramolecular Hbond substituents is 1. The summed E-state index contributed by atoms with van der Waals surface area (Å²) in [6.45, 7) is 1.76. The SMILES string of the molecule is CC1=CC(=O)C2=C(C[C@@H]3C(=CCn4c(=O)n(C)c(=O)n43)[C@@H]2c2c(O)ccc3ccccc23)C1=O. The molecule has 3 aliphatic rings. The van der Waals surface area contributed by atoms with Crippen LogP contribution in [0.5, 0.6) is 5.75 Å². The van der Waals surface area contributed by atoms with E-state index in [-0.39, 0.29) is 30.3 Å². The molecular formula is C26H21N3O5. The minimum Gasteiger partial charge on any atom is -0.508 e. The molecular weight excluding hydrogens is 434 g/mol. The maximum absolute atomic E-state index is 13.3. The predicted molar refractivity (Wildman–Crippen MR) is 125 cm³/mol. The van der Waals surface area contributed by atoms with E-state index >= 15 is 0 Å². The summed E-state index contributed by atoms with van der Waals surface area (Å²) in [5, 5.41) is 12.7. The van der Waals surface area contributed by atoms with Crippen molar-refractivity contribution in [3.63, 3.8) is 0 Å². The van der Waals surface area contributed by atoms with Crippen molar-refractivity contribution in [3.8, 4) is 5.75 Å². The second-order valence-corrected chi connectivity index (χ2v) is 9.04. The van der Waals surface area contributed by atoms with Crippen molar-refractivity contribution in [3.05, 3.63) is 97.4 Å². The molecule has 2 aliphatic carbocycles. The second-order valence-electron chi connectivity index (χ2n) is 9.04. The number of hydrogen-bond donors (Lipinski definition) is 1. The highest BCUT2D eigenvalue weighted by Gasteiger charge is 2.45. The van der Waals surface area contributed by atoms with Gasteiger partial charge in [0.2, 0.25) is 0 Å². The fraction of sp³-hybridized carbons (Fsp3) is 0.231. The molecule has 1 N–H and O–H groups in total. The lowest BCUT2D eigenvalue weighted by Crippen LogP contribution is -2.40. The molecule has 0 saturated heterocycles. The Bertz CT molecular complexity index is 1670. The Hall–Kier alpha value is -4.20. The Labute approximate surface area is 193 Å². The number of aromatic hydroxyl groups is 1. The van der Waals surface area contributed by atoms with Crippen LogP contribution in [0.25, 0.3) is 10.8 Å². The van der Waals surface area contributed by atoms with E-state index in [0.29, 0.717) is 22.3 Å². The lowest BCUT2D eigenvalue weighted by molar-refractivity contribution is -0.116. The van der Waals surface area contributed by atoms with Gasteiger partial charge in [-0.15, -0.1) is 0 Å². The first-order valence-electron chi connectivity index (χ1n) is 11.1. The van der Waals surface area contributed by atoms with Crippen LogP contribution in [-0.2, 0) is 23.2 Å². The van der Waals surface area contributed by atoms with Crippen molar-refractivity contribution < 1.29 is 14.7 Å². The van der Waals surface area contributed by atoms with Gasteiger partial charge < -0.3 is 5.11 Å². The van der Waals surface area contributed by atoms with Crippen molar-refractivity contribution in [1.82, 2.24) is 13.9 Å². The molecule has 1 aromatic heterocycles. The van der Waals surface area contributed by atoms with E-state index in [4.69, 9.17) is 0 Å². The monoisotopic (exact) mass is 455 g/mol. The van der Waals surface area contributed by atoms with Gasteiger partial charge in [0, 0.05) is 41.7 Å². The van der Waals surface area contributed by atoms with Gasteiger partial charge in [-0.25, -0.2) is 23.5 Å². The smallest absolute Gasteiger partial charge is 0.347 e. The summed E-state index contributed by atoms with van der Waals surface area (Å²) in [5.41, 5.74) is 1.35. The fourth-order valence-corrected chi connectivity index (χ4v) is 5.68. The largest absolute Gasteiger partial charge is 0.508 e. The Balaban J connectivity index is 1.70. The maximum atomic E-state index is 13.3. The molecule has 8 nitrogen and oxygen atoms in total. The van der Waals surface area contributed by atoms with Crippen LogP contribution in [0.1, 0.15) is 30.9 Å². The van der Waals surface area contributed by atoms with Gasteiger partial charge in [-0.3, -0.25) is 9.59 Å². The zero-order valence-corrected chi connectivity index (χ0v) is 18.6. The highest BCUT2D eigenvalue weighted by atomic mass is 16.3. The topological polar surface area (TPSA) is 103 Å². The third kappa shape index (κ3) is 2.53. The van der Waals surface area contributed by atoms with Crippen LogP contribution in [0.3, 0.4) is 0 Å². The number of nitrogens with zero attached hydrogens (tertiary/aromatic N) is 3. The van der Waals surface area contributed by atoms with Gasteiger partial charge in [0.1, 0.15) is 5.75 Å². The molecule has 0 radical (unpaired) electrons. The van der Waals surface area contributed by atoms with Crippen LogP contribution in [-0.4, -0.2) is 30.6 Å². The fourth-order valence-electron chi connectivity index (χ4n) is 5.68. The molecule has 0 saturated carbocycles. The third-order valence-electron chi connectivity index (χ3n) is 7.26. The van der Waals surface area contributed by atoms with Crippen LogP contribution in [0.2, 0.25) is 0 Å². The number of rotatable bonds is 1. The molecule has 170 valence electrons. The molecule has 0 bridgehead atoms. The van der Waals surface area contributed by atoms with E-state index < -0.39 is 23.3 Å². The molecule has 0 spiro atoms.